The van der Waals surface area contributed by atoms with Crippen molar-refractivity contribution < 1.29 is 4.24 Å². The molecule has 2 heteroatoms. The molecule has 6 aromatic rings. The summed E-state index contributed by atoms with van der Waals surface area (Å²) in [5, 5.41) is 7.46. The molecule has 208 valence electrons. The topological polar surface area (TPSA) is 17.9 Å². The fourth-order valence-corrected chi connectivity index (χ4v) is 6.35. The van der Waals surface area contributed by atoms with Crippen LogP contribution in [-0.4, -0.2) is 0 Å². The van der Waals surface area contributed by atoms with Crippen LogP contribution in [0.5, 0.6) is 0 Å². The van der Waals surface area contributed by atoms with Crippen LogP contribution in [0.1, 0.15) is 5.56 Å². The van der Waals surface area contributed by atoms with E-state index in [0.717, 1.165) is 11.4 Å². The highest BCUT2D eigenvalue weighted by molar-refractivity contribution is 5.89. The molecule has 0 aromatic heterocycles. The van der Waals surface area contributed by atoms with Crippen LogP contribution in [0, 0.1) is 12.3 Å². The zero-order chi connectivity index (χ0) is 29.5. The molecule has 0 bridgehead atoms. The van der Waals surface area contributed by atoms with Crippen LogP contribution >= 0.6 is 0 Å². The molecule has 0 saturated carbocycles. The Morgan fingerprint density at radius 3 is 1.95 bits per heavy atom. The molecule has 0 fully saturated rings. The Morgan fingerprint density at radius 1 is 0.432 bits per heavy atom. The van der Waals surface area contributed by atoms with Gasteiger partial charge in [0.25, 0.3) is 0 Å². The summed E-state index contributed by atoms with van der Waals surface area (Å²) in [6, 6.07) is 58.7. The summed E-state index contributed by atoms with van der Waals surface area (Å²) in [6.45, 7) is 2.18. The summed E-state index contributed by atoms with van der Waals surface area (Å²) in [6.07, 6.45) is 0. The van der Waals surface area contributed by atoms with Crippen molar-refractivity contribution in [2.75, 3.05) is 5.32 Å². The highest BCUT2D eigenvalue weighted by Crippen LogP contribution is 2.34. The van der Waals surface area contributed by atoms with Gasteiger partial charge in [-0.1, -0.05) is 103 Å². The van der Waals surface area contributed by atoms with Gasteiger partial charge in [-0.2, -0.15) is 4.24 Å². The number of anilines is 2. The van der Waals surface area contributed by atoms with Crippen molar-refractivity contribution in [3.8, 4) is 33.4 Å². The van der Waals surface area contributed by atoms with E-state index in [0.29, 0.717) is 0 Å². The lowest BCUT2D eigenvalue weighted by atomic mass is 9.96. The summed E-state index contributed by atoms with van der Waals surface area (Å²) in [5.74, 6) is 0. The molecule has 1 N–H and O–H groups in total. The first kappa shape index (κ1) is 25.9. The lowest BCUT2D eigenvalue weighted by Gasteiger charge is -2.14. The number of benzene rings is 6. The fourth-order valence-electron chi connectivity index (χ4n) is 6.35. The van der Waals surface area contributed by atoms with E-state index in [1.165, 1.54) is 66.1 Å². The van der Waals surface area contributed by atoms with Gasteiger partial charge >= 0.3 is 0 Å². The molecule has 6 aromatic carbocycles. The quantitative estimate of drug-likeness (QED) is 0.206. The fraction of sp³-hybridized carbons (Fsp3) is 0.0238. The SMILES string of the molecule is Cc1cccc2c3cc(-c4cccc(-c5ccccc5Nc5ccc(-c6ccccc6)cc5)c4)ccc3[n+]=2c2ccccc12. The Kier molecular flexibility index (Phi) is 6.39. The number of aromatic nitrogens is 1. The standard InChI is InChI=1S/C42H31N2/c1-29-11-9-20-41-38-28-33(23-26-42(38)44(41)40-19-8-6-16-36(29)40)32-14-10-15-34(27-32)37-17-5-7-18-39(37)43-35-24-21-31(22-25-35)30-12-3-2-4-13-30/h2-28,43H,1H3/q+1. The van der Waals surface area contributed by atoms with Gasteiger partial charge in [0, 0.05) is 40.5 Å². The largest absolute Gasteiger partial charge is 0.355 e. The van der Waals surface area contributed by atoms with E-state index >= 15 is 0 Å². The number of aryl methyl sites for hydroxylation is 1. The van der Waals surface area contributed by atoms with Gasteiger partial charge in [-0.05, 0) is 82.8 Å². The molecule has 2 aliphatic rings. The van der Waals surface area contributed by atoms with E-state index in [2.05, 4.69) is 180 Å². The molecule has 44 heavy (non-hydrogen) atoms. The number of nitrogens with zero attached hydrogens (tertiary/aromatic N) is 1. The lowest BCUT2D eigenvalue weighted by molar-refractivity contribution is -0.457. The summed E-state index contributed by atoms with van der Waals surface area (Å²) >= 11 is 0. The average Bonchev–Trinajstić information content (AvgIpc) is 3.07. The first-order chi connectivity index (χ1) is 21.7. The van der Waals surface area contributed by atoms with Crippen molar-refractivity contribution >= 4 is 33.2 Å². The molecule has 0 spiro atoms. The smallest absolute Gasteiger partial charge is 0.225 e. The van der Waals surface area contributed by atoms with Crippen LogP contribution in [0.15, 0.2) is 164 Å². The van der Waals surface area contributed by atoms with Crippen molar-refractivity contribution in [1.82, 2.24) is 0 Å². The van der Waals surface area contributed by atoms with Crippen molar-refractivity contribution in [2.24, 2.45) is 0 Å². The highest BCUT2D eigenvalue weighted by Gasteiger charge is 2.19. The second-order valence-corrected chi connectivity index (χ2v) is 11.4. The van der Waals surface area contributed by atoms with Crippen LogP contribution in [0.25, 0.3) is 55.2 Å². The highest BCUT2D eigenvalue weighted by atomic mass is 14.9. The van der Waals surface area contributed by atoms with Gasteiger partial charge in [0.1, 0.15) is 5.39 Å². The van der Waals surface area contributed by atoms with E-state index in [9.17, 15) is 0 Å². The second kappa shape index (κ2) is 10.8. The minimum absolute atomic E-state index is 1.07. The Balaban J connectivity index is 1.15. The molecule has 0 aliphatic carbocycles. The summed E-state index contributed by atoms with van der Waals surface area (Å²) in [4.78, 5) is 0. The Morgan fingerprint density at radius 2 is 1.07 bits per heavy atom. The van der Waals surface area contributed by atoms with Crippen LogP contribution < -0.4 is 9.56 Å². The number of hydrogen-bond donors (Lipinski definition) is 1. The van der Waals surface area contributed by atoms with E-state index < -0.39 is 0 Å². The van der Waals surface area contributed by atoms with Gasteiger partial charge < -0.3 is 5.32 Å². The lowest BCUT2D eigenvalue weighted by Crippen LogP contribution is -2.25. The molecule has 8 rings (SSSR count). The Labute approximate surface area is 257 Å². The number of rotatable bonds is 5. The number of fused-ring (bicyclic) bond motifs is 5. The molecule has 2 heterocycles. The van der Waals surface area contributed by atoms with Crippen LogP contribution in [0.2, 0.25) is 0 Å². The summed E-state index contributed by atoms with van der Waals surface area (Å²) < 4.78 is 2.38. The Bertz CT molecular complexity index is 2360. The van der Waals surface area contributed by atoms with Crippen LogP contribution in [0.4, 0.5) is 11.4 Å². The van der Waals surface area contributed by atoms with E-state index in [4.69, 9.17) is 0 Å². The monoisotopic (exact) mass is 563 g/mol. The first-order valence-electron chi connectivity index (χ1n) is 15.1. The van der Waals surface area contributed by atoms with Gasteiger partial charge in [-0.15, -0.1) is 0 Å². The molecule has 2 aliphatic heterocycles. The third-order valence-corrected chi connectivity index (χ3v) is 8.63. The molecule has 0 radical (unpaired) electrons. The minimum Gasteiger partial charge on any atom is -0.355 e. The van der Waals surface area contributed by atoms with Gasteiger partial charge in [0.05, 0.1) is 0 Å². The second-order valence-electron chi connectivity index (χ2n) is 11.4. The third-order valence-electron chi connectivity index (χ3n) is 8.63. The number of nitrogens with one attached hydrogen (secondary N) is 1. The predicted molar refractivity (Wildman–Crippen MR) is 184 cm³/mol. The zero-order valence-corrected chi connectivity index (χ0v) is 24.5. The molecule has 0 saturated heterocycles. The van der Waals surface area contributed by atoms with Crippen LogP contribution in [-0.2, 0) is 0 Å². The summed E-state index contributed by atoms with van der Waals surface area (Å²) in [7, 11) is 0. The first-order valence-corrected chi connectivity index (χ1v) is 15.1. The predicted octanol–water partition coefficient (Wildman–Crippen LogP) is 10.6. The van der Waals surface area contributed by atoms with E-state index in [1.807, 2.05) is 0 Å². The summed E-state index contributed by atoms with van der Waals surface area (Å²) in [5.41, 5.74) is 13.1. The molecular weight excluding hydrogens is 532 g/mol. The maximum atomic E-state index is 3.67. The Hall–Kier alpha value is -5.73. The molecule has 0 atom stereocenters. The van der Waals surface area contributed by atoms with E-state index in [1.54, 1.807) is 0 Å². The third kappa shape index (κ3) is 4.58. The molecule has 0 unspecified atom stereocenters. The number of para-hydroxylation sites is 2. The maximum absolute atomic E-state index is 3.67. The minimum atomic E-state index is 1.07. The van der Waals surface area contributed by atoms with Crippen molar-refractivity contribution in [2.45, 2.75) is 6.92 Å². The van der Waals surface area contributed by atoms with Gasteiger partial charge in [-0.3, -0.25) is 0 Å². The molecule has 0 amide bonds. The maximum Gasteiger partial charge on any atom is 0.225 e. The number of hydrogen-bond acceptors (Lipinski definition) is 1. The van der Waals surface area contributed by atoms with Crippen molar-refractivity contribution in [1.29, 1.82) is 0 Å². The molecular formula is C42H31N2+. The normalized spacial score (nSPS) is 11.3. The molecule has 2 nitrogen and oxygen atoms in total. The van der Waals surface area contributed by atoms with Gasteiger partial charge in [0.15, 0.2) is 0 Å². The van der Waals surface area contributed by atoms with Crippen molar-refractivity contribution in [3.05, 3.63) is 175 Å². The van der Waals surface area contributed by atoms with Gasteiger partial charge in [-0.25, -0.2) is 0 Å². The van der Waals surface area contributed by atoms with Gasteiger partial charge in [0.2, 0.25) is 16.4 Å². The zero-order valence-electron chi connectivity index (χ0n) is 24.5. The van der Waals surface area contributed by atoms with E-state index in [-0.39, 0.29) is 0 Å². The van der Waals surface area contributed by atoms with Crippen LogP contribution in [0.3, 0.4) is 0 Å². The average molecular weight is 564 g/mol. The van der Waals surface area contributed by atoms with Crippen molar-refractivity contribution in [3.63, 3.8) is 0 Å².